The Balaban J connectivity index is 1.98. The summed E-state index contributed by atoms with van der Waals surface area (Å²) in [5.41, 5.74) is 2.10. The molecule has 0 aliphatic rings. The van der Waals surface area contributed by atoms with Crippen molar-refractivity contribution in [2.45, 2.75) is 51.9 Å². The van der Waals surface area contributed by atoms with Crippen LogP contribution in [0, 0.1) is 0 Å². The molecule has 0 fully saturated rings. The van der Waals surface area contributed by atoms with E-state index in [-0.39, 0.29) is 5.91 Å². The first-order valence-electron chi connectivity index (χ1n) is 9.42. The fraction of sp³-hybridized carbons (Fsp3) is 0.524. The van der Waals surface area contributed by atoms with Crippen molar-refractivity contribution in [2.75, 3.05) is 26.0 Å². The molecule has 0 saturated heterocycles. The number of hydrogen-bond donors (Lipinski definition) is 1. The van der Waals surface area contributed by atoms with E-state index in [1.54, 1.807) is 11.3 Å². The van der Waals surface area contributed by atoms with Crippen LogP contribution in [0.25, 0.3) is 0 Å². The number of unbranched alkanes of at least 4 members (excludes halogenated alkanes) is 2. The molecule has 5 heteroatoms. The van der Waals surface area contributed by atoms with E-state index in [0.29, 0.717) is 12.3 Å². The van der Waals surface area contributed by atoms with Crippen molar-refractivity contribution in [3.05, 3.63) is 45.8 Å². The lowest BCUT2D eigenvalue weighted by Gasteiger charge is -2.13. The van der Waals surface area contributed by atoms with Crippen LogP contribution in [0.1, 0.15) is 61.6 Å². The van der Waals surface area contributed by atoms with Gasteiger partial charge in [-0.2, -0.15) is 0 Å². The third kappa shape index (κ3) is 6.89. The predicted octanol–water partition coefficient (Wildman–Crippen LogP) is 4.92. The summed E-state index contributed by atoms with van der Waals surface area (Å²) in [5.74, 6) is 1.13. The largest absolute Gasteiger partial charge is 0.310 e. The summed E-state index contributed by atoms with van der Waals surface area (Å²) in [6.07, 6.45) is 4.49. The fourth-order valence-corrected chi connectivity index (χ4v) is 3.49. The van der Waals surface area contributed by atoms with Gasteiger partial charge in [-0.3, -0.25) is 4.79 Å². The number of rotatable bonds is 10. The molecule has 4 nitrogen and oxygen atoms in total. The molecule has 2 aromatic rings. The van der Waals surface area contributed by atoms with E-state index in [4.69, 9.17) is 4.98 Å². The minimum Gasteiger partial charge on any atom is -0.310 e. The van der Waals surface area contributed by atoms with Crippen molar-refractivity contribution in [2.24, 2.45) is 0 Å². The third-order valence-corrected chi connectivity index (χ3v) is 5.18. The molecule has 0 radical (unpaired) electrons. The van der Waals surface area contributed by atoms with Crippen LogP contribution in [0.15, 0.2) is 29.6 Å². The Morgan fingerprint density at radius 3 is 2.65 bits per heavy atom. The number of carbonyl (C=O) groups excluding carboxylic acids is 1. The van der Waals surface area contributed by atoms with Crippen LogP contribution < -0.4 is 5.32 Å². The molecular formula is C21H31N3OS. The van der Waals surface area contributed by atoms with Gasteiger partial charge in [-0.1, -0.05) is 32.4 Å². The molecule has 2 heterocycles. The van der Waals surface area contributed by atoms with E-state index in [1.807, 2.05) is 0 Å². The number of pyridine rings is 1. The van der Waals surface area contributed by atoms with E-state index >= 15 is 0 Å². The van der Waals surface area contributed by atoms with Gasteiger partial charge in [-0.15, -0.1) is 11.3 Å². The van der Waals surface area contributed by atoms with Gasteiger partial charge in [-0.25, -0.2) is 4.98 Å². The van der Waals surface area contributed by atoms with Gasteiger partial charge in [-0.05, 0) is 56.9 Å². The van der Waals surface area contributed by atoms with Gasteiger partial charge in [0.2, 0.25) is 5.91 Å². The van der Waals surface area contributed by atoms with E-state index in [0.717, 1.165) is 49.3 Å². The molecule has 2 aromatic heterocycles. The smallest absolute Gasteiger partial charge is 0.225 e. The fourth-order valence-electron chi connectivity index (χ4n) is 2.76. The molecule has 26 heavy (non-hydrogen) atoms. The van der Waals surface area contributed by atoms with Gasteiger partial charge in [0, 0.05) is 29.0 Å². The summed E-state index contributed by atoms with van der Waals surface area (Å²) in [6, 6.07) is 8.36. The van der Waals surface area contributed by atoms with Crippen molar-refractivity contribution in [1.29, 1.82) is 0 Å². The molecule has 0 spiro atoms. The number of carbonyl (C=O) groups is 1. The van der Waals surface area contributed by atoms with Crippen molar-refractivity contribution in [1.82, 2.24) is 9.88 Å². The second-order valence-electron chi connectivity index (χ2n) is 7.32. The van der Waals surface area contributed by atoms with Crippen molar-refractivity contribution in [3.63, 3.8) is 0 Å². The first-order chi connectivity index (χ1) is 12.5. The average molecular weight is 374 g/mol. The number of anilines is 1. The number of aromatic nitrogens is 1. The van der Waals surface area contributed by atoms with Crippen LogP contribution in [0.4, 0.5) is 5.82 Å². The van der Waals surface area contributed by atoms with Crippen molar-refractivity contribution >= 4 is 23.1 Å². The highest BCUT2D eigenvalue weighted by atomic mass is 32.1. The standard InChI is InChI=1S/C21H31N3OS/c1-16(2)19-12-11-17(15-18-9-8-14-26-18)21(22-19)23-20(25)10-6-5-7-13-24(3)4/h8-9,11-12,14,16H,5-7,10,13,15H2,1-4H3,(H,22,23,25). The molecule has 0 unspecified atom stereocenters. The van der Waals surface area contributed by atoms with Gasteiger partial charge < -0.3 is 10.2 Å². The molecule has 0 saturated carbocycles. The van der Waals surface area contributed by atoms with Crippen LogP contribution in [0.3, 0.4) is 0 Å². The normalized spacial score (nSPS) is 11.3. The summed E-state index contributed by atoms with van der Waals surface area (Å²) < 4.78 is 0. The zero-order chi connectivity index (χ0) is 18.9. The summed E-state index contributed by atoms with van der Waals surface area (Å²) >= 11 is 1.73. The Morgan fingerprint density at radius 2 is 2.00 bits per heavy atom. The summed E-state index contributed by atoms with van der Waals surface area (Å²) in [4.78, 5) is 20.6. The molecule has 0 bridgehead atoms. The van der Waals surface area contributed by atoms with Crippen molar-refractivity contribution < 1.29 is 4.79 Å². The number of hydrogen-bond acceptors (Lipinski definition) is 4. The maximum absolute atomic E-state index is 12.4. The lowest BCUT2D eigenvalue weighted by Crippen LogP contribution is -2.16. The molecule has 1 amide bonds. The highest BCUT2D eigenvalue weighted by Crippen LogP contribution is 2.23. The third-order valence-electron chi connectivity index (χ3n) is 4.30. The number of thiophene rings is 1. The quantitative estimate of drug-likeness (QED) is 0.601. The molecule has 1 N–H and O–H groups in total. The van der Waals surface area contributed by atoms with E-state index in [9.17, 15) is 4.79 Å². The summed E-state index contributed by atoms with van der Waals surface area (Å²) in [7, 11) is 4.16. The molecule has 0 aromatic carbocycles. The first kappa shape index (κ1) is 20.6. The maximum atomic E-state index is 12.4. The Bertz CT molecular complexity index is 681. The molecule has 142 valence electrons. The molecular weight excluding hydrogens is 342 g/mol. The zero-order valence-electron chi connectivity index (χ0n) is 16.4. The van der Waals surface area contributed by atoms with E-state index in [2.05, 4.69) is 67.8 Å². The highest BCUT2D eigenvalue weighted by Gasteiger charge is 2.12. The highest BCUT2D eigenvalue weighted by molar-refractivity contribution is 7.09. The lowest BCUT2D eigenvalue weighted by molar-refractivity contribution is -0.116. The van der Waals surface area contributed by atoms with Crippen molar-refractivity contribution in [3.8, 4) is 0 Å². The van der Waals surface area contributed by atoms with Crippen LogP contribution in [-0.2, 0) is 11.2 Å². The number of nitrogens with one attached hydrogen (secondary N) is 1. The Labute approximate surface area is 161 Å². The first-order valence-corrected chi connectivity index (χ1v) is 10.3. The predicted molar refractivity (Wildman–Crippen MR) is 111 cm³/mol. The average Bonchev–Trinajstić information content (AvgIpc) is 3.08. The van der Waals surface area contributed by atoms with Gasteiger partial charge >= 0.3 is 0 Å². The van der Waals surface area contributed by atoms with Gasteiger partial charge in [0.25, 0.3) is 0 Å². The van der Waals surface area contributed by atoms with Crippen LogP contribution >= 0.6 is 11.3 Å². The molecule has 0 aliphatic carbocycles. The van der Waals surface area contributed by atoms with Crippen LogP contribution in [0.2, 0.25) is 0 Å². The molecule has 2 rings (SSSR count). The number of nitrogens with zero attached hydrogens (tertiary/aromatic N) is 2. The molecule has 0 aliphatic heterocycles. The minimum atomic E-state index is 0.0655. The second-order valence-corrected chi connectivity index (χ2v) is 8.35. The Hall–Kier alpha value is -1.72. The minimum absolute atomic E-state index is 0.0655. The van der Waals surface area contributed by atoms with E-state index in [1.165, 1.54) is 4.88 Å². The van der Waals surface area contributed by atoms with Crippen LogP contribution in [-0.4, -0.2) is 36.4 Å². The molecule has 0 atom stereocenters. The lowest BCUT2D eigenvalue weighted by atomic mass is 10.1. The SMILES string of the molecule is CC(C)c1ccc(Cc2cccs2)c(NC(=O)CCCCCN(C)C)n1. The Kier molecular flexibility index (Phi) is 8.26. The maximum Gasteiger partial charge on any atom is 0.225 e. The van der Waals surface area contributed by atoms with Gasteiger partial charge in [0.05, 0.1) is 0 Å². The van der Waals surface area contributed by atoms with Gasteiger partial charge in [0.15, 0.2) is 0 Å². The summed E-state index contributed by atoms with van der Waals surface area (Å²) in [6.45, 7) is 5.32. The topological polar surface area (TPSA) is 45.2 Å². The monoisotopic (exact) mass is 373 g/mol. The second kappa shape index (κ2) is 10.4. The zero-order valence-corrected chi connectivity index (χ0v) is 17.2. The number of amides is 1. The Morgan fingerprint density at radius 1 is 1.19 bits per heavy atom. The summed E-state index contributed by atoms with van der Waals surface area (Å²) in [5, 5.41) is 5.14. The van der Waals surface area contributed by atoms with Gasteiger partial charge in [0.1, 0.15) is 5.82 Å². The van der Waals surface area contributed by atoms with Crippen LogP contribution in [0.5, 0.6) is 0 Å². The van der Waals surface area contributed by atoms with E-state index < -0.39 is 0 Å².